The molecule has 0 aromatic heterocycles. The number of fused-ring (bicyclic) bond motifs is 1. The molecule has 0 aromatic rings. The molecule has 1 saturated carbocycles. The van der Waals surface area contributed by atoms with Crippen LogP contribution in [0, 0.1) is 16.7 Å². The molecular formula is C15H24. The Bertz CT molecular complexity index is 319. The first-order chi connectivity index (χ1) is 6.88. The Labute approximate surface area is 94.5 Å². The van der Waals surface area contributed by atoms with Crippen LogP contribution in [0.15, 0.2) is 23.8 Å². The molecule has 0 heterocycles. The van der Waals surface area contributed by atoms with Crippen LogP contribution in [0.4, 0.5) is 0 Å². The quantitative estimate of drug-likeness (QED) is 0.535. The third kappa shape index (κ3) is 1.49. The smallest absolute Gasteiger partial charge is 0.00423 e. The lowest BCUT2D eigenvalue weighted by Gasteiger charge is -2.54. The van der Waals surface area contributed by atoms with Gasteiger partial charge < -0.3 is 0 Å². The number of hydrogen-bond acceptors (Lipinski definition) is 0. The van der Waals surface area contributed by atoms with E-state index in [-0.39, 0.29) is 0 Å². The van der Waals surface area contributed by atoms with E-state index in [2.05, 4.69) is 40.3 Å². The summed E-state index contributed by atoms with van der Waals surface area (Å²) < 4.78 is 0. The van der Waals surface area contributed by atoms with Crippen molar-refractivity contribution in [3.63, 3.8) is 0 Å². The summed E-state index contributed by atoms with van der Waals surface area (Å²) in [6, 6.07) is 0. The molecule has 0 amide bonds. The van der Waals surface area contributed by atoms with Gasteiger partial charge in [-0.3, -0.25) is 0 Å². The van der Waals surface area contributed by atoms with Gasteiger partial charge in [0.1, 0.15) is 0 Å². The number of rotatable bonds is 0. The average molecular weight is 204 g/mol. The zero-order valence-corrected chi connectivity index (χ0v) is 10.7. The second kappa shape index (κ2) is 3.23. The zero-order chi connectivity index (χ0) is 11.3. The SMILES string of the molecule is C=C1C(C)=CC[C@H]2C(C)(C)CCC[C@]12C. The second-order valence-corrected chi connectivity index (χ2v) is 6.41. The van der Waals surface area contributed by atoms with Crippen molar-refractivity contribution in [2.75, 3.05) is 0 Å². The molecule has 84 valence electrons. The molecule has 15 heavy (non-hydrogen) atoms. The van der Waals surface area contributed by atoms with E-state index in [4.69, 9.17) is 0 Å². The Morgan fingerprint density at radius 2 is 1.93 bits per heavy atom. The molecule has 2 atom stereocenters. The van der Waals surface area contributed by atoms with Gasteiger partial charge in [0.15, 0.2) is 0 Å². The molecule has 0 unspecified atom stereocenters. The molecule has 2 aliphatic carbocycles. The van der Waals surface area contributed by atoms with Gasteiger partial charge in [-0.1, -0.05) is 45.4 Å². The van der Waals surface area contributed by atoms with Gasteiger partial charge in [0.05, 0.1) is 0 Å². The maximum atomic E-state index is 4.35. The Morgan fingerprint density at radius 1 is 1.27 bits per heavy atom. The zero-order valence-electron chi connectivity index (χ0n) is 10.7. The van der Waals surface area contributed by atoms with E-state index in [1.165, 1.54) is 36.8 Å². The summed E-state index contributed by atoms with van der Waals surface area (Å²) >= 11 is 0. The molecule has 1 fully saturated rings. The Kier molecular flexibility index (Phi) is 2.37. The molecule has 0 heteroatoms. The van der Waals surface area contributed by atoms with E-state index in [1.54, 1.807) is 0 Å². The maximum Gasteiger partial charge on any atom is -0.00423 e. The van der Waals surface area contributed by atoms with Crippen molar-refractivity contribution < 1.29 is 0 Å². The van der Waals surface area contributed by atoms with E-state index in [9.17, 15) is 0 Å². The van der Waals surface area contributed by atoms with Crippen molar-refractivity contribution in [2.24, 2.45) is 16.7 Å². The molecule has 2 aliphatic rings. The molecule has 0 saturated heterocycles. The average Bonchev–Trinajstić information content (AvgIpc) is 2.12. The van der Waals surface area contributed by atoms with Crippen LogP contribution in [0.1, 0.15) is 53.4 Å². The first-order valence-electron chi connectivity index (χ1n) is 6.24. The standard InChI is InChI=1S/C15H24/c1-11-7-8-13-14(3,4)9-6-10-15(13,5)12(11)2/h7,13H,2,6,8-10H2,1,3-5H3/t13-,15+/m0/s1. The summed E-state index contributed by atoms with van der Waals surface area (Å²) in [5.74, 6) is 0.801. The molecule has 0 nitrogen and oxygen atoms in total. The molecule has 0 radical (unpaired) electrons. The van der Waals surface area contributed by atoms with E-state index in [1.807, 2.05) is 0 Å². The number of allylic oxidation sites excluding steroid dienone is 3. The molecule has 2 rings (SSSR count). The fourth-order valence-electron chi connectivity index (χ4n) is 3.93. The van der Waals surface area contributed by atoms with Crippen LogP contribution in [-0.4, -0.2) is 0 Å². The number of hydrogen-bond donors (Lipinski definition) is 0. The minimum atomic E-state index is 0.376. The first kappa shape index (κ1) is 11.0. The lowest BCUT2D eigenvalue weighted by atomic mass is 9.51. The fraction of sp³-hybridized carbons (Fsp3) is 0.733. The maximum absolute atomic E-state index is 4.35. The van der Waals surface area contributed by atoms with Crippen LogP contribution in [0.2, 0.25) is 0 Å². The summed E-state index contributed by atoms with van der Waals surface area (Å²) in [6.45, 7) is 13.9. The van der Waals surface area contributed by atoms with Crippen molar-refractivity contribution in [3.8, 4) is 0 Å². The highest BCUT2D eigenvalue weighted by Crippen LogP contribution is 2.58. The second-order valence-electron chi connectivity index (χ2n) is 6.41. The van der Waals surface area contributed by atoms with E-state index < -0.39 is 0 Å². The molecule has 0 bridgehead atoms. The van der Waals surface area contributed by atoms with Crippen molar-refractivity contribution in [1.29, 1.82) is 0 Å². The van der Waals surface area contributed by atoms with Crippen molar-refractivity contribution in [1.82, 2.24) is 0 Å². The van der Waals surface area contributed by atoms with Crippen LogP contribution in [0.25, 0.3) is 0 Å². The van der Waals surface area contributed by atoms with Gasteiger partial charge in [0.2, 0.25) is 0 Å². The summed E-state index contributed by atoms with van der Waals surface area (Å²) in [5.41, 5.74) is 3.71. The van der Waals surface area contributed by atoms with Gasteiger partial charge in [0, 0.05) is 0 Å². The van der Waals surface area contributed by atoms with Crippen molar-refractivity contribution in [3.05, 3.63) is 23.8 Å². The summed E-state index contributed by atoms with van der Waals surface area (Å²) in [6.07, 6.45) is 7.75. The highest BCUT2D eigenvalue weighted by atomic mass is 14.5. The highest BCUT2D eigenvalue weighted by molar-refractivity contribution is 5.37. The van der Waals surface area contributed by atoms with Crippen molar-refractivity contribution >= 4 is 0 Å². The molecule has 0 aliphatic heterocycles. The molecule has 0 spiro atoms. The fourth-order valence-corrected chi connectivity index (χ4v) is 3.93. The monoisotopic (exact) mass is 204 g/mol. The minimum absolute atomic E-state index is 0.376. The molecule has 0 aromatic carbocycles. The third-order valence-electron chi connectivity index (χ3n) is 5.05. The predicted molar refractivity (Wildman–Crippen MR) is 66.7 cm³/mol. The van der Waals surface area contributed by atoms with Crippen LogP contribution in [-0.2, 0) is 0 Å². The minimum Gasteiger partial charge on any atom is -0.0950 e. The summed E-state index contributed by atoms with van der Waals surface area (Å²) in [5, 5.41) is 0. The van der Waals surface area contributed by atoms with Gasteiger partial charge in [-0.15, -0.1) is 0 Å². The predicted octanol–water partition coefficient (Wildman–Crippen LogP) is 4.73. The van der Waals surface area contributed by atoms with E-state index >= 15 is 0 Å². The van der Waals surface area contributed by atoms with Crippen LogP contribution in [0.3, 0.4) is 0 Å². The largest absolute Gasteiger partial charge is 0.0950 e. The third-order valence-corrected chi connectivity index (χ3v) is 5.05. The van der Waals surface area contributed by atoms with E-state index in [0.29, 0.717) is 10.8 Å². The summed E-state index contributed by atoms with van der Waals surface area (Å²) in [4.78, 5) is 0. The topological polar surface area (TPSA) is 0 Å². The lowest BCUT2D eigenvalue weighted by Crippen LogP contribution is -2.44. The molecule has 0 N–H and O–H groups in total. The van der Waals surface area contributed by atoms with Crippen LogP contribution < -0.4 is 0 Å². The van der Waals surface area contributed by atoms with E-state index in [0.717, 1.165) is 5.92 Å². The van der Waals surface area contributed by atoms with Gasteiger partial charge in [-0.25, -0.2) is 0 Å². The normalized spacial score (nSPS) is 39.6. The van der Waals surface area contributed by atoms with Gasteiger partial charge in [0.25, 0.3) is 0 Å². The molecular weight excluding hydrogens is 180 g/mol. The van der Waals surface area contributed by atoms with Crippen molar-refractivity contribution in [2.45, 2.75) is 53.4 Å². The van der Waals surface area contributed by atoms with Crippen LogP contribution in [0.5, 0.6) is 0 Å². The van der Waals surface area contributed by atoms with Gasteiger partial charge in [-0.05, 0) is 48.5 Å². The highest BCUT2D eigenvalue weighted by Gasteiger charge is 2.48. The lowest BCUT2D eigenvalue weighted by molar-refractivity contribution is 0.0265. The van der Waals surface area contributed by atoms with Gasteiger partial charge >= 0.3 is 0 Å². The van der Waals surface area contributed by atoms with Gasteiger partial charge in [-0.2, -0.15) is 0 Å². The van der Waals surface area contributed by atoms with Crippen LogP contribution >= 0.6 is 0 Å². The Morgan fingerprint density at radius 3 is 2.60 bits per heavy atom. The summed E-state index contributed by atoms with van der Waals surface area (Å²) in [7, 11) is 0. The Balaban J connectivity index is 2.42. The first-order valence-corrected chi connectivity index (χ1v) is 6.24. The Hall–Kier alpha value is -0.520.